The van der Waals surface area contributed by atoms with Crippen LogP contribution in [0, 0.1) is 29.6 Å². The van der Waals surface area contributed by atoms with Gasteiger partial charge in [0.1, 0.15) is 42.7 Å². The summed E-state index contributed by atoms with van der Waals surface area (Å²) < 4.78 is 38.5. The summed E-state index contributed by atoms with van der Waals surface area (Å²) in [6.07, 6.45) is -8.64. The van der Waals surface area contributed by atoms with Crippen LogP contribution in [0.25, 0.3) is 0 Å². The first-order valence-corrected chi connectivity index (χ1v) is 14.1. The number of aldehydes is 1. The number of rotatable bonds is 9. The number of methoxy groups -OCH3 is 2. The number of carbonyl (C=O) groups excluding carboxylic acids is 3. The maximum atomic E-state index is 13.6. The van der Waals surface area contributed by atoms with E-state index in [-0.39, 0.29) is 24.0 Å². The average molecular weight is 617 g/mol. The molecule has 0 aromatic rings. The molecule has 1 aliphatic carbocycles. The predicted molar refractivity (Wildman–Crippen MR) is 140 cm³/mol. The monoisotopic (exact) mass is 616 g/mol. The van der Waals surface area contributed by atoms with Crippen molar-refractivity contribution in [3.63, 3.8) is 0 Å². The molecule has 3 heterocycles. The fourth-order valence-corrected chi connectivity index (χ4v) is 6.46. The smallest absolute Gasteiger partial charge is 0.337 e. The molecule has 0 radical (unpaired) electrons. The third kappa shape index (κ3) is 6.50. The van der Waals surface area contributed by atoms with Gasteiger partial charge in [-0.2, -0.15) is 0 Å². The molecule has 4 aliphatic rings. The summed E-state index contributed by atoms with van der Waals surface area (Å²) in [7, 11) is 2.58. The zero-order valence-corrected chi connectivity index (χ0v) is 24.3. The van der Waals surface area contributed by atoms with E-state index in [4.69, 9.17) is 33.2 Å². The summed E-state index contributed by atoms with van der Waals surface area (Å²) >= 11 is 0. The molecule has 0 unspecified atom stereocenters. The van der Waals surface area contributed by atoms with Gasteiger partial charge in [-0.15, -0.1) is 0 Å². The van der Waals surface area contributed by atoms with Crippen molar-refractivity contribution in [3.05, 3.63) is 23.5 Å². The van der Waals surface area contributed by atoms with Crippen molar-refractivity contribution in [1.82, 2.24) is 0 Å². The number of allylic oxidation sites excluding steroid dienone is 2. The fraction of sp³-hybridized carbons (Fsp3) is 0.750. The summed E-state index contributed by atoms with van der Waals surface area (Å²) in [6.45, 7) is 2.71. The minimum absolute atomic E-state index is 0.120. The van der Waals surface area contributed by atoms with Crippen LogP contribution in [0.2, 0.25) is 0 Å². The highest BCUT2D eigenvalue weighted by atomic mass is 16.8. The van der Waals surface area contributed by atoms with Crippen molar-refractivity contribution in [2.75, 3.05) is 20.8 Å². The van der Waals surface area contributed by atoms with Gasteiger partial charge in [-0.1, -0.05) is 13.0 Å². The van der Waals surface area contributed by atoms with Crippen molar-refractivity contribution < 1.29 is 73.1 Å². The molecule has 1 saturated carbocycles. The van der Waals surface area contributed by atoms with Crippen LogP contribution in [0.5, 0.6) is 0 Å². The molecule has 0 aromatic heterocycles. The zero-order valence-electron chi connectivity index (χ0n) is 24.3. The van der Waals surface area contributed by atoms with Gasteiger partial charge in [-0.05, 0) is 18.9 Å². The molecule has 15 nitrogen and oxygen atoms in total. The second-order valence-corrected chi connectivity index (χ2v) is 11.1. The molecule has 0 bridgehead atoms. The van der Waals surface area contributed by atoms with E-state index < -0.39 is 104 Å². The second-order valence-electron chi connectivity index (χ2n) is 11.1. The van der Waals surface area contributed by atoms with Gasteiger partial charge in [-0.3, -0.25) is 9.59 Å². The predicted octanol–water partition coefficient (Wildman–Crippen LogP) is -1.51. The lowest BCUT2D eigenvalue weighted by Crippen LogP contribution is -2.60. The highest BCUT2D eigenvalue weighted by Crippen LogP contribution is 2.49. The molecule has 0 spiro atoms. The molecule has 0 aromatic carbocycles. The summed E-state index contributed by atoms with van der Waals surface area (Å²) in [5, 5.41) is 51.0. The molecular formula is C28H40O15. The van der Waals surface area contributed by atoms with Crippen molar-refractivity contribution >= 4 is 18.2 Å². The lowest BCUT2D eigenvalue weighted by atomic mass is 9.81. The molecule has 14 atom stereocenters. The minimum Gasteiger partial charge on any atom is -0.472 e. The van der Waals surface area contributed by atoms with Gasteiger partial charge in [0.25, 0.3) is 0 Å². The van der Waals surface area contributed by atoms with E-state index >= 15 is 0 Å². The molecule has 2 saturated heterocycles. The summed E-state index contributed by atoms with van der Waals surface area (Å²) in [6, 6.07) is 0. The van der Waals surface area contributed by atoms with Crippen LogP contribution in [0.4, 0.5) is 0 Å². The Morgan fingerprint density at radius 2 is 1.77 bits per heavy atom. The Labute approximate surface area is 247 Å². The molecular weight excluding hydrogens is 576 g/mol. The third-order valence-corrected chi connectivity index (χ3v) is 8.90. The van der Waals surface area contributed by atoms with E-state index in [0.717, 1.165) is 6.26 Å². The first kappa shape index (κ1) is 33.4. The van der Waals surface area contributed by atoms with Crippen LogP contribution in [0.3, 0.4) is 0 Å². The van der Waals surface area contributed by atoms with E-state index in [2.05, 4.69) is 0 Å². The zero-order chi connectivity index (χ0) is 31.6. The number of aliphatic hydroxyl groups is 5. The molecule has 15 heteroatoms. The largest absolute Gasteiger partial charge is 0.472 e. The van der Waals surface area contributed by atoms with Gasteiger partial charge < -0.3 is 58.7 Å². The molecule has 3 fully saturated rings. The number of hydrogen-bond acceptors (Lipinski definition) is 15. The summed E-state index contributed by atoms with van der Waals surface area (Å²) in [5.41, 5.74) is 0.433. The van der Waals surface area contributed by atoms with Crippen LogP contribution < -0.4 is 0 Å². The van der Waals surface area contributed by atoms with E-state index in [0.29, 0.717) is 6.29 Å². The van der Waals surface area contributed by atoms with Gasteiger partial charge in [0.15, 0.2) is 18.9 Å². The number of carbonyl (C=O) groups is 3. The Balaban J connectivity index is 1.56. The SMILES string of the molecule is C/C=C(/C=O)[C@@H]1C[C@@H](OC)O[C@H](O)[C@H]1C(=O)O[C@H]1C[C@@H]2C(C(=O)OC)=CO[C@@H](O[C@@H]3O[C@H](CO)[C@@H](O)[C@H](O)[C@H]3O)[C@@H]2[C@H]1C. The second kappa shape index (κ2) is 14.1. The third-order valence-electron chi connectivity index (χ3n) is 8.90. The molecule has 5 N–H and O–H groups in total. The Bertz CT molecular complexity index is 1070. The summed E-state index contributed by atoms with van der Waals surface area (Å²) in [5.74, 6) is -5.29. The highest BCUT2D eigenvalue weighted by molar-refractivity contribution is 5.89. The van der Waals surface area contributed by atoms with Crippen LogP contribution in [0.1, 0.15) is 26.7 Å². The van der Waals surface area contributed by atoms with E-state index in [1.165, 1.54) is 14.2 Å². The quantitative estimate of drug-likeness (QED) is 0.113. The minimum atomic E-state index is -1.70. The van der Waals surface area contributed by atoms with Crippen molar-refractivity contribution in [1.29, 1.82) is 0 Å². The van der Waals surface area contributed by atoms with E-state index in [1.54, 1.807) is 19.9 Å². The topological polar surface area (TPSA) is 217 Å². The lowest BCUT2D eigenvalue weighted by Gasteiger charge is -2.43. The lowest BCUT2D eigenvalue weighted by molar-refractivity contribution is -0.342. The summed E-state index contributed by atoms with van der Waals surface area (Å²) in [4.78, 5) is 37.9. The van der Waals surface area contributed by atoms with Crippen LogP contribution in [-0.2, 0) is 47.5 Å². The standard InChI is InChI=1S/C28H40O15/c1-5-12(8-29)13-7-18(37-3)42-26(36)20(13)25(35)40-16-6-14-15(24(34)38-4)10-39-27(19(14)11(16)2)43-28-23(33)22(32)21(31)17(9-30)41-28/h5,8,10-11,13-14,16-23,26-28,30-33,36H,6-7,9H2,1-4H3/b12-5-/t11-,13-,14+,16-,17+,18-,19+,20+,21+,22-,23+,26-,27-,28-/m0/s1. The highest BCUT2D eigenvalue weighted by Gasteiger charge is 2.55. The first-order chi connectivity index (χ1) is 20.5. The number of hydrogen-bond donors (Lipinski definition) is 5. The van der Waals surface area contributed by atoms with E-state index in [1.807, 2.05) is 0 Å². The van der Waals surface area contributed by atoms with Crippen LogP contribution in [0.15, 0.2) is 23.5 Å². The Hall–Kier alpha value is -2.47. The maximum Gasteiger partial charge on any atom is 0.337 e. The van der Waals surface area contributed by atoms with Crippen LogP contribution >= 0.6 is 0 Å². The van der Waals surface area contributed by atoms with Gasteiger partial charge in [0.05, 0.1) is 25.6 Å². The van der Waals surface area contributed by atoms with Gasteiger partial charge in [0.2, 0.25) is 6.29 Å². The maximum absolute atomic E-state index is 13.6. The number of aliphatic hydroxyl groups excluding tert-OH is 5. The normalized spacial score (nSPS) is 43.2. The molecule has 242 valence electrons. The number of ether oxygens (including phenoxy) is 7. The van der Waals surface area contributed by atoms with Crippen LogP contribution in [-0.4, -0.2) is 120 Å². The Kier molecular flexibility index (Phi) is 11.0. The average Bonchev–Trinajstić information content (AvgIpc) is 3.32. The molecule has 4 rings (SSSR count). The Morgan fingerprint density at radius 3 is 2.37 bits per heavy atom. The molecule has 3 aliphatic heterocycles. The first-order valence-electron chi connectivity index (χ1n) is 14.1. The fourth-order valence-electron chi connectivity index (χ4n) is 6.46. The van der Waals surface area contributed by atoms with Gasteiger partial charge in [0, 0.05) is 37.2 Å². The van der Waals surface area contributed by atoms with Gasteiger partial charge >= 0.3 is 11.9 Å². The van der Waals surface area contributed by atoms with Gasteiger partial charge in [-0.25, -0.2) is 4.79 Å². The van der Waals surface area contributed by atoms with Crippen molar-refractivity contribution in [3.8, 4) is 0 Å². The Morgan fingerprint density at radius 1 is 1.05 bits per heavy atom. The molecule has 0 amide bonds. The van der Waals surface area contributed by atoms with Crippen molar-refractivity contribution in [2.45, 2.75) is 82.4 Å². The van der Waals surface area contributed by atoms with E-state index in [9.17, 15) is 39.9 Å². The van der Waals surface area contributed by atoms with Crippen molar-refractivity contribution in [2.24, 2.45) is 29.6 Å². The molecule has 43 heavy (non-hydrogen) atoms. The number of fused-ring (bicyclic) bond motifs is 1. The number of esters is 2.